The first-order chi connectivity index (χ1) is 10.0. The van der Waals surface area contributed by atoms with Crippen molar-refractivity contribution in [1.82, 2.24) is 10.3 Å². The lowest BCUT2D eigenvalue weighted by Gasteiger charge is -2.24. The Balaban J connectivity index is 1.70. The van der Waals surface area contributed by atoms with Crippen LogP contribution in [0, 0.1) is 0 Å². The van der Waals surface area contributed by atoms with Crippen LogP contribution in [0.25, 0.3) is 0 Å². The van der Waals surface area contributed by atoms with Gasteiger partial charge in [0, 0.05) is 36.2 Å². The van der Waals surface area contributed by atoms with Crippen molar-refractivity contribution < 1.29 is 0 Å². The van der Waals surface area contributed by atoms with E-state index >= 15 is 0 Å². The minimum Gasteiger partial charge on any atom is -0.356 e. The van der Waals surface area contributed by atoms with Gasteiger partial charge in [-0.25, -0.2) is 4.98 Å². The van der Waals surface area contributed by atoms with Gasteiger partial charge in [0.25, 0.3) is 0 Å². The Morgan fingerprint density at radius 1 is 1.38 bits per heavy atom. The first-order valence-corrected chi connectivity index (χ1v) is 9.18. The molecule has 0 spiro atoms. The highest BCUT2D eigenvalue weighted by atomic mass is 35.5. The lowest BCUT2D eigenvalue weighted by atomic mass is 10.1. The quantitative estimate of drug-likeness (QED) is 0.913. The zero-order valence-corrected chi connectivity index (χ0v) is 14.4. The molecule has 116 valence electrons. The smallest absolute Gasteiger partial charge is 0.128 e. The third-order valence-electron chi connectivity index (χ3n) is 4.20. The molecule has 2 fully saturated rings. The molecule has 0 unspecified atom stereocenters. The van der Waals surface area contributed by atoms with Crippen LogP contribution in [0.3, 0.4) is 0 Å². The van der Waals surface area contributed by atoms with Crippen molar-refractivity contribution in [2.75, 3.05) is 23.7 Å². The van der Waals surface area contributed by atoms with Crippen molar-refractivity contribution in [2.24, 2.45) is 0 Å². The van der Waals surface area contributed by atoms with Gasteiger partial charge in [-0.15, -0.1) is 0 Å². The molecule has 1 aromatic rings. The Hall–Kier alpha value is -0.450. The van der Waals surface area contributed by atoms with Crippen molar-refractivity contribution >= 4 is 29.2 Å². The van der Waals surface area contributed by atoms with E-state index in [0.717, 1.165) is 41.9 Å². The minimum absolute atomic E-state index is 0.373. The summed E-state index contributed by atoms with van der Waals surface area (Å²) >= 11 is 8.35. The van der Waals surface area contributed by atoms with Crippen LogP contribution in [0.5, 0.6) is 0 Å². The molecule has 1 saturated heterocycles. The molecule has 1 aromatic heterocycles. The molecular formula is C16H24ClN3S. The third-order valence-corrected chi connectivity index (χ3v) is 5.92. The highest BCUT2D eigenvalue weighted by Crippen LogP contribution is 2.32. The molecule has 2 aliphatic rings. The average Bonchev–Trinajstić information content (AvgIpc) is 3.26. The summed E-state index contributed by atoms with van der Waals surface area (Å²) in [5, 5.41) is 4.27. The normalized spacial score (nSPS) is 22.1. The minimum atomic E-state index is 0.373. The fourth-order valence-corrected chi connectivity index (χ4v) is 3.82. The zero-order chi connectivity index (χ0) is 14.9. The van der Waals surface area contributed by atoms with E-state index in [9.17, 15) is 0 Å². The molecule has 0 aromatic carbocycles. The van der Waals surface area contributed by atoms with Crippen LogP contribution in [-0.4, -0.2) is 34.6 Å². The first kappa shape index (κ1) is 15.4. The molecule has 1 N–H and O–H groups in total. The maximum atomic E-state index is 6.29. The van der Waals surface area contributed by atoms with E-state index in [1.807, 2.05) is 6.07 Å². The molecule has 0 bridgehead atoms. The van der Waals surface area contributed by atoms with E-state index in [2.05, 4.69) is 41.9 Å². The van der Waals surface area contributed by atoms with Gasteiger partial charge in [0.2, 0.25) is 0 Å². The molecule has 5 heteroatoms. The van der Waals surface area contributed by atoms with Gasteiger partial charge in [-0.3, -0.25) is 0 Å². The van der Waals surface area contributed by atoms with Crippen molar-refractivity contribution in [3.8, 4) is 0 Å². The van der Waals surface area contributed by atoms with Crippen molar-refractivity contribution in [3.05, 3.63) is 22.8 Å². The van der Waals surface area contributed by atoms with Crippen molar-refractivity contribution in [3.63, 3.8) is 0 Å². The highest BCUT2D eigenvalue weighted by molar-refractivity contribution is 8.00. The summed E-state index contributed by atoms with van der Waals surface area (Å²) in [7, 11) is 0. The van der Waals surface area contributed by atoms with E-state index in [0.29, 0.717) is 10.8 Å². The second-order valence-corrected chi connectivity index (χ2v) is 8.81. The molecule has 0 atom stereocenters. The second-order valence-electron chi connectivity index (χ2n) is 6.60. The lowest BCUT2D eigenvalue weighted by molar-refractivity contribution is 0.632. The number of halogens is 1. The molecule has 3 nitrogen and oxygen atoms in total. The van der Waals surface area contributed by atoms with Crippen LogP contribution in [0.15, 0.2) is 12.1 Å². The van der Waals surface area contributed by atoms with Crippen molar-refractivity contribution in [2.45, 2.75) is 50.4 Å². The SMILES string of the molecule is CC1(C)CCN(c2ccc(Cl)c(CNC3CC3)n2)CCS1. The molecule has 1 saturated carbocycles. The molecule has 3 rings (SSSR count). The fourth-order valence-electron chi connectivity index (χ4n) is 2.55. The number of aromatic nitrogens is 1. The Kier molecular flexibility index (Phi) is 4.67. The number of pyridine rings is 1. The van der Waals surface area contributed by atoms with Gasteiger partial charge in [0.05, 0.1) is 10.7 Å². The number of hydrogen-bond donors (Lipinski definition) is 1. The largest absolute Gasteiger partial charge is 0.356 e. The van der Waals surface area contributed by atoms with E-state index in [4.69, 9.17) is 16.6 Å². The van der Waals surface area contributed by atoms with Gasteiger partial charge in [0.1, 0.15) is 5.82 Å². The Labute approximate surface area is 136 Å². The monoisotopic (exact) mass is 325 g/mol. The van der Waals surface area contributed by atoms with E-state index in [1.165, 1.54) is 19.3 Å². The Morgan fingerprint density at radius 2 is 2.19 bits per heavy atom. The number of nitrogens with zero attached hydrogens (tertiary/aromatic N) is 2. The molecular weight excluding hydrogens is 302 g/mol. The maximum absolute atomic E-state index is 6.29. The standard InChI is InChI=1S/C16H24ClN3S/c1-16(2)7-8-20(9-10-21-16)15-6-5-13(17)14(19-15)11-18-12-3-4-12/h5-6,12,18H,3-4,7-11H2,1-2H3. The Bertz CT molecular complexity index is 502. The summed E-state index contributed by atoms with van der Waals surface area (Å²) in [6, 6.07) is 4.74. The molecule has 2 heterocycles. The van der Waals surface area contributed by atoms with Gasteiger partial charge in [0.15, 0.2) is 0 Å². The maximum Gasteiger partial charge on any atom is 0.128 e. The Morgan fingerprint density at radius 3 is 2.95 bits per heavy atom. The van der Waals surface area contributed by atoms with Crippen LogP contribution in [0.2, 0.25) is 5.02 Å². The zero-order valence-electron chi connectivity index (χ0n) is 12.9. The summed E-state index contributed by atoms with van der Waals surface area (Å²) in [6.07, 6.45) is 3.77. The van der Waals surface area contributed by atoms with E-state index < -0.39 is 0 Å². The summed E-state index contributed by atoms with van der Waals surface area (Å²) in [5.74, 6) is 2.23. The van der Waals surface area contributed by atoms with E-state index in [-0.39, 0.29) is 0 Å². The summed E-state index contributed by atoms with van der Waals surface area (Å²) in [5.41, 5.74) is 0.984. The predicted octanol–water partition coefficient (Wildman–Crippen LogP) is 3.71. The molecule has 0 radical (unpaired) electrons. The number of rotatable bonds is 4. The van der Waals surface area contributed by atoms with Gasteiger partial charge in [-0.2, -0.15) is 11.8 Å². The summed E-state index contributed by atoms with van der Waals surface area (Å²) in [6.45, 7) is 7.59. The molecule has 1 aliphatic heterocycles. The van der Waals surface area contributed by atoms with Crippen molar-refractivity contribution in [1.29, 1.82) is 0 Å². The van der Waals surface area contributed by atoms with Gasteiger partial charge >= 0.3 is 0 Å². The third kappa shape index (κ3) is 4.27. The topological polar surface area (TPSA) is 28.2 Å². The van der Waals surface area contributed by atoms with Gasteiger partial charge in [-0.1, -0.05) is 25.4 Å². The first-order valence-electron chi connectivity index (χ1n) is 7.81. The number of thioether (sulfide) groups is 1. The number of anilines is 1. The fraction of sp³-hybridized carbons (Fsp3) is 0.688. The van der Waals surface area contributed by atoms with Crippen LogP contribution in [-0.2, 0) is 6.54 Å². The number of nitrogens with one attached hydrogen (secondary N) is 1. The average molecular weight is 326 g/mol. The molecule has 1 aliphatic carbocycles. The molecule has 0 amide bonds. The van der Waals surface area contributed by atoms with E-state index in [1.54, 1.807) is 0 Å². The second kappa shape index (κ2) is 6.35. The predicted molar refractivity (Wildman–Crippen MR) is 92.5 cm³/mol. The van der Waals surface area contributed by atoms with Crippen LogP contribution >= 0.6 is 23.4 Å². The van der Waals surface area contributed by atoms with Crippen LogP contribution in [0.4, 0.5) is 5.82 Å². The summed E-state index contributed by atoms with van der Waals surface area (Å²) in [4.78, 5) is 7.21. The summed E-state index contributed by atoms with van der Waals surface area (Å²) < 4.78 is 0.373. The van der Waals surface area contributed by atoms with Crippen LogP contribution in [0.1, 0.15) is 38.8 Å². The lowest BCUT2D eigenvalue weighted by Crippen LogP contribution is -2.28. The highest BCUT2D eigenvalue weighted by Gasteiger charge is 2.25. The molecule has 21 heavy (non-hydrogen) atoms. The number of hydrogen-bond acceptors (Lipinski definition) is 4. The van der Waals surface area contributed by atoms with Gasteiger partial charge < -0.3 is 10.2 Å². The van der Waals surface area contributed by atoms with Crippen LogP contribution < -0.4 is 10.2 Å². The van der Waals surface area contributed by atoms with Gasteiger partial charge in [-0.05, 0) is 31.4 Å².